The topological polar surface area (TPSA) is 58.4 Å². The van der Waals surface area contributed by atoms with Crippen LogP contribution in [0.25, 0.3) is 0 Å². The molecule has 0 spiro atoms. The summed E-state index contributed by atoms with van der Waals surface area (Å²) in [5.41, 5.74) is 7.92. The highest BCUT2D eigenvalue weighted by Gasteiger charge is 2.14. The summed E-state index contributed by atoms with van der Waals surface area (Å²) in [6, 6.07) is 7.15. The van der Waals surface area contributed by atoms with Crippen molar-refractivity contribution in [2.24, 2.45) is 5.73 Å². The second kappa shape index (κ2) is 7.13. The zero-order chi connectivity index (χ0) is 13.5. The molecule has 1 atom stereocenters. The molecule has 0 aliphatic heterocycles. The minimum atomic E-state index is -0.586. The molecule has 0 aromatic heterocycles. The lowest BCUT2D eigenvalue weighted by Crippen LogP contribution is -2.38. The molecule has 0 heterocycles. The van der Waals surface area contributed by atoms with Crippen LogP contribution in [0.3, 0.4) is 0 Å². The highest BCUT2D eigenvalue weighted by Crippen LogP contribution is 2.11. The fourth-order valence-electron chi connectivity index (χ4n) is 1.56. The number of carbonyl (C=O) groups excluding carboxylic acids is 1. The minimum absolute atomic E-state index is 0.122. The first-order valence-corrected chi connectivity index (χ1v) is 6.33. The SMILES string of the molecule is CCN(C)CCNC(=O)C(N)c1ccc(C)cc1. The molecule has 0 bridgehead atoms. The largest absolute Gasteiger partial charge is 0.353 e. The summed E-state index contributed by atoms with van der Waals surface area (Å²) in [6.45, 7) is 6.53. The maximum atomic E-state index is 11.8. The number of hydrogen-bond donors (Lipinski definition) is 2. The summed E-state index contributed by atoms with van der Waals surface area (Å²) in [5.74, 6) is -0.122. The lowest BCUT2D eigenvalue weighted by atomic mass is 10.1. The van der Waals surface area contributed by atoms with Gasteiger partial charge in [0.1, 0.15) is 6.04 Å². The Kier molecular flexibility index (Phi) is 5.82. The number of carbonyl (C=O) groups is 1. The van der Waals surface area contributed by atoms with Gasteiger partial charge in [0.25, 0.3) is 0 Å². The van der Waals surface area contributed by atoms with E-state index in [-0.39, 0.29) is 5.91 Å². The fourth-order valence-corrected chi connectivity index (χ4v) is 1.56. The molecule has 1 amide bonds. The fraction of sp³-hybridized carbons (Fsp3) is 0.500. The summed E-state index contributed by atoms with van der Waals surface area (Å²) in [6.07, 6.45) is 0. The third-order valence-corrected chi connectivity index (χ3v) is 3.05. The first-order chi connectivity index (χ1) is 8.54. The van der Waals surface area contributed by atoms with Crippen molar-refractivity contribution in [3.63, 3.8) is 0 Å². The monoisotopic (exact) mass is 249 g/mol. The Morgan fingerprint density at radius 3 is 2.56 bits per heavy atom. The van der Waals surface area contributed by atoms with Crippen molar-refractivity contribution in [2.75, 3.05) is 26.7 Å². The van der Waals surface area contributed by atoms with Gasteiger partial charge in [-0.3, -0.25) is 4.79 Å². The Morgan fingerprint density at radius 1 is 1.39 bits per heavy atom. The number of benzene rings is 1. The second-order valence-corrected chi connectivity index (χ2v) is 4.58. The van der Waals surface area contributed by atoms with Crippen LogP contribution in [-0.2, 0) is 4.79 Å². The van der Waals surface area contributed by atoms with Gasteiger partial charge in [-0.25, -0.2) is 0 Å². The number of nitrogens with one attached hydrogen (secondary N) is 1. The molecule has 1 unspecified atom stereocenters. The van der Waals surface area contributed by atoms with Crippen molar-refractivity contribution in [2.45, 2.75) is 19.9 Å². The third-order valence-electron chi connectivity index (χ3n) is 3.05. The molecule has 0 saturated heterocycles. The molecule has 0 aliphatic carbocycles. The van der Waals surface area contributed by atoms with Crippen molar-refractivity contribution in [1.82, 2.24) is 10.2 Å². The number of nitrogens with two attached hydrogens (primary N) is 1. The first-order valence-electron chi connectivity index (χ1n) is 6.33. The van der Waals surface area contributed by atoms with Gasteiger partial charge in [-0.15, -0.1) is 0 Å². The standard InChI is InChI=1S/C14H23N3O/c1-4-17(3)10-9-16-14(18)13(15)12-7-5-11(2)6-8-12/h5-8,13H,4,9-10,15H2,1-3H3,(H,16,18). The number of likely N-dealkylation sites (N-methyl/N-ethyl adjacent to an activating group) is 1. The van der Waals surface area contributed by atoms with E-state index in [4.69, 9.17) is 5.73 Å². The maximum Gasteiger partial charge on any atom is 0.241 e. The molecule has 0 fully saturated rings. The second-order valence-electron chi connectivity index (χ2n) is 4.58. The summed E-state index contributed by atoms with van der Waals surface area (Å²) >= 11 is 0. The predicted molar refractivity (Wildman–Crippen MR) is 74.3 cm³/mol. The normalized spacial score (nSPS) is 12.5. The Morgan fingerprint density at radius 2 is 2.00 bits per heavy atom. The van der Waals surface area contributed by atoms with Crippen LogP contribution in [0.1, 0.15) is 24.1 Å². The van der Waals surface area contributed by atoms with Crippen LogP contribution in [-0.4, -0.2) is 37.5 Å². The highest BCUT2D eigenvalue weighted by atomic mass is 16.2. The van der Waals surface area contributed by atoms with Gasteiger partial charge in [-0.2, -0.15) is 0 Å². The molecule has 0 aliphatic rings. The van der Waals surface area contributed by atoms with Crippen LogP contribution < -0.4 is 11.1 Å². The van der Waals surface area contributed by atoms with Crippen LogP contribution in [0.5, 0.6) is 0 Å². The van der Waals surface area contributed by atoms with Crippen molar-refractivity contribution in [3.8, 4) is 0 Å². The molecular formula is C14H23N3O. The van der Waals surface area contributed by atoms with Gasteiger partial charge in [0.15, 0.2) is 0 Å². The Bertz CT molecular complexity index is 375. The molecule has 4 nitrogen and oxygen atoms in total. The van der Waals surface area contributed by atoms with E-state index in [0.717, 1.165) is 24.2 Å². The number of rotatable bonds is 6. The van der Waals surface area contributed by atoms with Gasteiger partial charge in [0.2, 0.25) is 5.91 Å². The number of aryl methyl sites for hydroxylation is 1. The molecule has 3 N–H and O–H groups in total. The molecular weight excluding hydrogens is 226 g/mol. The van der Waals surface area contributed by atoms with Gasteiger partial charge in [-0.05, 0) is 26.1 Å². The lowest BCUT2D eigenvalue weighted by molar-refractivity contribution is -0.122. The Balaban J connectivity index is 2.44. The molecule has 1 aromatic rings. The molecule has 1 rings (SSSR count). The molecule has 100 valence electrons. The smallest absolute Gasteiger partial charge is 0.241 e. The molecule has 1 aromatic carbocycles. The van der Waals surface area contributed by atoms with E-state index in [1.165, 1.54) is 0 Å². The van der Waals surface area contributed by atoms with Crippen molar-refractivity contribution in [1.29, 1.82) is 0 Å². The minimum Gasteiger partial charge on any atom is -0.353 e. The van der Waals surface area contributed by atoms with Crippen LogP contribution >= 0.6 is 0 Å². The quantitative estimate of drug-likeness (QED) is 0.792. The predicted octanol–water partition coefficient (Wildman–Crippen LogP) is 1.06. The van der Waals surface area contributed by atoms with Crippen LogP contribution in [0, 0.1) is 6.92 Å². The van der Waals surface area contributed by atoms with Crippen LogP contribution in [0.4, 0.5) is 0 Å². The van der Waals surface area contributed by atoms with E-state index >= 15 is 0 Å². The summed E-state index contributed by atoms with van der Waals surface area (Å²) in [5, 5.41) is 2.86. The van der Waals surface area contributed by atoms with Gasteiger partial charge in [0, 0.05) is 13.1 Å². The van der Waals surface area contributed by atoms with Gasteiger partial charge in [0.05, 0.1) is 0 Å². The molecule has 0 saturated carbocycles. The summed E-state index contributed by atoms with van der Waals surface area (Å²) in [4.78, 5) is 14.0. The maximum absolute atomic E-state index is 11.8. The van der Waals surface area contributed by atoms with Gasteiger partial charge in [-0.1, -0.05) is 36.8 Å². The number of amides is 1. The average molecular weight is 249 g/mol. The zero-order valence-electron chi connectivity index (χ0n) is 11.4. The molecule has 4 heteroatoms. The lowest BCUT2D eigenvalue weighted by Gasteiger charge is -2.16. The van der Waals surface area contributed by atoms with E-state index in [2.05, 4.69) is 17.1 Å². The van der Waals surface area contributed by atoms with E-state index in [9.17, 15) is 4.79 Å². The number of nitrogens with zero attached hydrogens (tertiary/aromatic N) is 1. The average Bonchev–Trinajstić information content (AvgIpc) is 2.38. The van der Waals surface area contributed by atoms with Gasteiger partial charge >= 0.3 is 0 Å². The first kappa shape index (κ1) is 14.7. The zero-order valence-corrected chi connectivity index (χ0v) is 11.4. The molecule has 0 radical (unpaired) electrons. The van der Waals surface area contributed by atoms with E-state index in [0.29, 0.717) is 6.54 Å². The Labute approximate surface area is 109 Å². The van der Waals surface area contributed by atoms with Crippen LogP contribution in [0.15, 0.2) is 24.3 Å². The van der Waals surface area contributed by atoms with E-state index in [1.807, 2.05) is 38.2 Å². The summed E-state index contributed by atoms with van der Waals surface area (Å²) < 4.78 is 0. The number of hydrogen-bond acceptors (Lipinski definition) is 3. The van der Waals surface area contributed by atoms with Gasteiger partial charge < -0.3 is 16.0 Å². The van der Waals surface area contributed by atoms with Crippen LogP contribution in [0.2, 0.25) is 0 Å². The van der Waals surface area contributed by atoms with Crippen molar-refractivity contribution in [3.05, 3.63) is 35.4 Å². The van der Waals surface area contributed by atoms with E-state index < -0.39 is 6.04 Å². The van der Waals surface area contributed by atoms with Crippen molar-refractivity contribution < 1.29 is 4.79 Å². The highest BCUT2D eigenvalue weighted by molar-refractivity contribution is 5.82. The molecule has 18 heavy (non-hydrogen) atoms. The Hall–Kier alpha value is -1.39. The van der Waals surface area contributed by atoms with E-state index in [1.54, 1.807) is 0 Å². The van der Waals surface area contributed by atoms with Crippen molar-refractivity contribution >= 4 is 5.91 Å². The third kappa shape index (κ3) is 4.47. The summed E-state index contributed by atoms with van der Waals surface area (Å²) in [7, 11) is 2.02.